The van der Waals surface area contributed by atoms with Crippen LogP contribution in [0.25, 0.3) is 0 Å². The van der Waals surface area contributed by atoms with Crippen molar-refractivity contribution < 1.29 is 4.79 Å². The van der Waals surface area contributed by atoms with E-state index < -0.39 is 0 Å². The summed E-state index contributed by atoms with van der Waals surface area (Å²) in [7, 11) is 0. The van der Waals surface area contributed by atoms with Crippen LogP contribution in [0.15, 0.2) is 24.3 Å². The molecule has 90 valence electrons. The molecule has 2 aliphatic carbocycles. The number of amides is 1. The number of carbonyl (C=O) groups excluding carboxylic acids is 1. The summed E-state index contributed by atoms with van der Waals surface area (Å²) in [5.74, 6) is 1.63. The van der Waals surface area contributed by atoms with Crippen molar-refractivity contribution in [1.82, 2.24) is 5.32 Å². The van der Waals surface area contributed by atoms with E-state index in [0.29, 0.717) is 18.4 Å². The SMILES string of the molecule is O=CNc1ccc(C2CC2NCC2CC2)cc1. The number of anilines is 1. The summed E-state index contributed by atoms with van der Waals surface area (Å²) in [6.45, 7) is 1.20. The molecule has 0 aliphatic heterocycles. The summed E-state index contributed by atoms with van der Waals surface area (Å²) in [5, 5.41) is 6.29. The highest BCUT2D eigenvalue weighted by molar-refractivity contribution is 5.71. The van der Waals surface area contributed by atoms with Gasteiger partial charge in [0.15, 0.2) is 0 Å². The van der Waals surface area contributed by atoms with Crippen molar-refractivity contribution in [3.63, 3.8) is 0 Å². The Kier molecular flexibility index (Phi) is 2.85. The van der Waals surface area contributed by atoms with Crippen molar-refractivity contribution in [1.29, 1.82) is 0 Å². The second-order valence-electron chi connectivity index (χ2n) is 5.18. The Morgan fingerprint density at radius 1 is 1.24 bits per heavy atom. The fourth-order valence-corrected chi connectivity index (χ4v) is 2.32. The molecule has 0 spiro atoms. The summed E-state index contributed by atoms with van der Waals surface area (Å²) in [4.78, 5) is 10.3. The van der Waals surface area contributed by atoms with E-state index in [1.54, 1.807) is 0 Å². The molecule has 1 aromatic carbocycles. The van der Waals surface area contributed by atoms with Crippen LogP contribution in [0.2, 0.25) is 0 Å². The molecule has 0 aromatic heterocycles. The molecule has 1 amide bonds. The maximum atomic E-state index is 10.3. The van der Waals surface area contributed by atoms with E-state index >= 15 is 0 Å². The first-order chi connectivity index (χ1) is 8.36. The van der Waals surface area contributed by atoms with Gasteiger partial charge in [0.2, 0.25) is 6.41 Å². The molecule has 0 saturated heterocycles. The molecule has 1 aromatic rings. The molecule has 3 heteroatoms. The quantitative estimate of drug-likeness (QED) is 0.735. The van der Waals surface area contributed by atoms with E-state index in [0.717, 1.165) is 11.6 Å². The molecular formula is C14H18N2O. The first kappa shape index (κ1) is 10.8. The number of hydrogen-bond donors (Lipinski definition) is 2. The van der Waals surface area contributed by atoms with Crippen molar-refractivity contribution in [2.45, 2.75) is 31.2 Å². The van der Waals surface area contributed by atoms with Crippen molar-refractivity contribution in [2.75, 3.05) is 11.9 Å². The first-order valence-electron chi connectivity index (χ1n) is 6.40. The van der Waals surface area contributed by atoms with Gasteiger partial charge < -0.3 is 10.6 Å². The fourth-order valence-electron chi connectivity index (χ4n) is 2.32. The lowest BCUT2D eigenvalue weighted by molar-refractivity contribution is -0.105. The van der Waals surface area contributed by atoms with Gasteiger partial charge in [0.05, 0.1) is 0 Å². The highest BCUT2D eigenvalue weighted by Crippen LogP contribution is 2.41. The van der Waals surface area contributed by atoms with Gasteiger partial charge in [0.25, 0.3) is 0 Å². The Morgan fingerprint density at radius 3 is 2.65 bits per heavy atom. The van der Waals surface area contributed by atoms with Gasteiger partial charge in [0.1, 0.15) is 0 Å². The van der Waals surface area contributed by atoms with Crippen LogP contribution in [0.3, 0.4) is 0 Å². The summed E-state index contributed by atoms with van der Waals surface area (Å²) in [6.07, 6.45) is 4.80. The molecule has 2 saturated carbocycles. The monoisotopic (exact) mass is 230 g/mol. The Balaban J connectivity index is 1.52. The van der Waals surface area contributed by atoms with Crippen molar-refractivity contribution in [3.05, 3.63) is 29.8 Å². The van der Waals surface area contributed by atoms with Crippen LogP contribution in [-0.4, -0.2) is 19.0 Å². The largest absolute Gasteiger partial charge is 0.329 e. The van der Waals surface area contributed by atoms with E-state index in [2.05, 4.69) is 22.8 Å². The molecule has 0 radical (unpaired) electrons. The Bertz CT molecular complexity index is 397. The minimum absolute atomic E-state index is 0.680. The predicted molar refractivity (Wildman–Crippen MR) is 68.0 cm³/mol. The zero-order chi connectivity index (χ0) is 11.7. The molecule has 2 atom stereocenters. The van der Waals surface area contributed by atoms with Crippen LogP contribution in [0.1, 0.15) is 30.7 Å². The maximum Gasteiger partial charge on any atom is 0.211 e. The average Bonchev–Trinajstić information content (AvgIpc) is 3.23. The standard InChI is InChI=1S/C14H18N2O/c17-9-16-12-5-3-11(4-6-12)13-7-14(13)15-8-10-1-2-10/h3-6,9-10,13-15H,1-2,7-8H2,(H,16,17). The molecule has 0 bridgehead atoms. The third kappa shape index (κ3) is 2.67. The summed E-state index contributed by atoms with van der Waals surface area (Å²) in [6, 6.07) is 8.87. The fraction of sp³-hybridized carbons (Fsp3) is 0.500. The Hall–Kier alpha value is -1.35. The number of carbonyl (C=O) groups is 1. The highest BCUT2D eigenvalue weighted by Gasteiger charge is 2.38. The molecule has 2 fully saturated rings. The minimum Gasteiger partial charge on any atom is -0.329 e. The lowest BCUT2D eigenvalue weighted by Gasteiger charge is -2.04. The van der Waals surface area contributed by atoms with Crippen molar-refractivity contribution in [3.8, 4) is 0 Å². The molecule has 0 heterocycles. The number of rotatable bonds is 6. The van der Waals surface area contributed by atoms with E-state index in [4.69, 9.17) is 0 Å². The van der Waals surface area contributed by atoms with Gasteiger partial charge >= 0.3 is 0 Å². The predicted octanol–water partition coefficient (Wildman–Crippen LogP) is 2.11. The molecule has 17 heavy (non-hydrogen) atoms. The molecule has 2 unspecified atom stereocenters. The first-order valence-corrected chi connectivity index (χ1v) is 6.40. The van der Waals surface area contributed by atoms with Crippen LogP contribution in [0, 0.1) is 5.92 Å². The summed E-state index contributed by atoms with van der Waals surface area (Å²) >= 11 is 0. The van der Waals surface area contributed by atoms with E-state index in [1.807, 2.05) is 12.1 Å². The number of benzene rings is 1. The second kappa shape index (κ2) is 4.49. The van der Waals surface area contributed by atoms with E-state index in [-0.39, 0.29) is 0 Å². The van der Waals surface area contributed by atoms with Gasteiger partial charge in [0, 0.05) is 17.6 Å². The Labute approximate surface area is 102 Å². The molecule has 3 rings (SSSR count). The van der Waals surface area contributed by atoms with E-state index in [1.165, 1.54) is 31.4 Å². The third-order valence-electron chi connectivity index (χ3n) is 3.72. The van der Waals surface area contributed by atoms with Crippen LogP contribution in [-0.2, 0) is 4.79 Å². The summed E-state index contributed by atoms with van der Waals surface area (Å²) in [5.41, 5.74) is 2.25. The lowest BCUT2D eigenvalue weighted by Crippen LogP contribution is -2.20. The van der Waals surface area contributed by atoms with Crippen LogP contribution >= 0.6 is 0 Å². The van der Waals surface area contributed by atoms with Gasteiger partial charge in [-0.05, 0) is 49.4 Å². The van der Waals surface area contributed by atoms with Gasteiger partial charge in [-0.1, -0.05) is 12.1 Å². The number of nitrogens with one attached hydrogen (secondary N) is 2. The van der Waals surface area contributed by atoms with Gasteiger partial charge in [-0.3, -0.25) is 4.79 Å². The van der Waals surface area contributed by atoms with Crippen molar-refractivity contribution >= 4 is 12.1 Å². The zero-order valence-electron chi connectivity index (χ0n) is 9.86. The van der Waals surface area contributed by atoms with Gasteiger partial charge in [-0.15, -0.1) is 0 Å². The van der Waals surface area contributed by atoms with Crippen LogP contribution < -0.4 is 10.6 Å². The highest BCUT2D eigenvalue weighted by atomic mass is 16.1. The van der Waals surface area contributed by atoms with Gasteiger partial charge in [-0.25, -0.2) is 0 Å². The van der Waals surface area contributed by atoms with Gasteiger partial charge in [-0.2, -0.15) is 0 Å². The maximum absolute atomic E-state index is 10.3. The van der Waals surface area contributed by atoms with Crippen molar-refractivity contribution in [2.24, 2.45) is 5.92 Å². The van der Waals surface area contributed by atoms with E-state index in [9.17, 15) is 4.79 Å². The molecule has 3 nitrogen and oxygen atoms in total. The normalized spacial score (nSPS) is 26.6. The molecule has 2 N–H and O–H groups in total. The lowest BCUT2D eigenvalue weighted by atomic mass is 10.1. The molecular weight excluding hydrogens is 212 g/mol. The molecule has 2 aliphatic rings. The minimum atomic E-state index is 0.680. The van der Waals surface area contributed by atoms with Crippen LogP contribution in [0.5, 0.6) is 0 Å². The smallest absolute Gasteiger partial charge is 0.211 e. The second-order valence-corrected chi connectivity index (χ2v) is 5.18. The Morgan fingerprint density at radius 2 is 2.00 bits per heavy atom. The third-order valence-corrected chi connectivity index (χ3v) is 3.72. The summed E-state index contributed by atoms with van der Waals surface area (Å²) < 4.78 is 0. The zero-order valence-corrected chi connectivity index (χ0v) is 9.86. The average molecular weight is 230 g/mol. The topological polar surface area (TPSA) is 41.1 Å². The van der Waals surface area contributed by atoms with Crippen LogP contribution in [0.4, 0.5) is 5.69 Å². The number of hydrogen-bond acceptors (Lipinski definition) is 2.